The molecule has 30 heavy (non-hydrogen) atoms. The molecule has 1 N–H and O–H groups in total. The molecule has 3 aromatic carbocycles. The van der Waals surface area contributed by atoms with Gasteiger partial charge in [-0.25, -0.2) is 4.39 Å². The Hall–Kier alpha value is -2.14. The molecule has 0 bridgehead atoms. The highest BCUT2D eigenvalue weighted by molar-refractivity contribution is 6.31. The van der Waals surface area contributed by atoms with E-state index in [9.17, 15) is 4.39 Å². The average Bonchev–Trinajstić information content (AvgIpc) is 3.21. The lowest BCUT2D eigenvalue weighted by Gasteiger charge is -2.23. The number of fused-ring (bicyclic) bond motifs is 1. The van der Waals surface area contributed by atoms with Gasteiger partial charge in [0.1, 0.15) is 18.2 Å². The molecule has 4 rings (SSSR count). The number of benzene rings is 3. The van der Waals surface area contributed by atoms with Crippen LogP contribution in [0.2, 0.25) is 5.02 Å². The zero-order valence-electron chi connectivity index (χ0n) is 17.3. The number of hydrogen-bond acceptors (Lipinski definition) is 3. The summed E-state index contributed by atoms with van der Waals surface area (Å²) in [4.78, 5) is 2.55. The summed E-state index contributed by atoms with van der Waals surface area (Å²) in [6, 6.07) is 17.5. The minimum absolute atomic E-state index is 0.302. The summed E-state index contributed by atoms with van der Waals surface area (Å²) in [7, 11) is 0. The van der Waals surface area contributed by atoms with Gasteiger partial charge in [-0.2, -0.15) is 0 Å². The van der Waals surface area contributed by atoms with Crippen LogP contribution < -0.4 is 10.1 Å². The van der Waals surface area contributed by atoms with E-state index in [2.05, 4.69) is 47.5 Å². The SMILES string of the molecule is CCN1CCC[C@@H]1CNCc1c(OCc2ccc(F)cc2Cl)ccc2ccccc12. The Morgan fingerprint density at radius 1 is 1.17 bits per heavy atom. The number of halogens is 2. The fraction of sp³-hybridized carbons (Fsp3) is 0.360. The standard InChI is InChI=1S/C25H28ClFN2O/c1-2-29-13-5-7-21(29)15-28-16-23-22-8-4-3-6-18(22)10-12-25(23)30-17-19-9-11-20(27)14-24(19)26/h3-4,6,8-12,14,21,28H,2,5,7,13,15-17H2,1H3/t21-/m1/s1. The molecule has 1 aliphatic rings. The Kier molecular flexibility index (Phi) is 6.88. The first kappa shape index (κ1) is 21.1. The summed E-state index contributed by atoms with van der Waals surface area (Å²) in [6.45, 7) is 6.55. The van der Waals surface area contributed by atoms with Crippen LogP contribution in [0, 0.1) is 5.82 Å². The first-order valence-corrected chi connectivity index (χ1v) is 11.1. The second kappa shape index (κ2) is 9.78. The van der Waals surface area contributed by atoms with Crippen LogP contribution in [0.25, 0.3) is 10.8 Å². The number of nitrogens with zero attached hydrogens (tertiary/aromatic N) is 1. The van der Waals surface area contributed by atoms with Crippen molar-refractivity contribution in [3.8, 4) is 5.75 Å². The molecule has 158 valence electrons. The van der Waals surface area contributed by atoms with Gasteiger partial charge in [0.15, 0.2) is 0 Å². The van der Waals surface area contributed by atoms with E-state index in [0.29, 0.717) is 17.7 Å². The molecule has 5 heteroatoms. The lowest BCUT2D eigenvalue weighted by molar-refractivity contribution is 0.259. The van der Waals surface area contributed by atoms with Gasteiger partial charge in [-0.3, -0.25) is 4.90 Å². The topological polar surface area (TPSA) is 24.5 Å². The first-order valence-electron chi connectivity index (χ1n) is 10.7. The molecule has 0 radical (unpaired) electrons. The molecule has 0 aliphatic carbocycles. The smallest absolute Gasteiger partial charge is 0.124 e. The number of ether oxygens (including phenoxy) is 1. The predicted octanol–water partition coefficient (Wildman–Crippen LogP) is 5.79. The van der Waals surface area contributed by atoms with Crippen LogP contribution >= 0.6 is 11.6 Å². The maximum absolute atomic E-state index is 13.3. The molecule has 1 heterocycles. The van der Waals surface area contributed by atoms with Crippen molar-refractivity contribution in [3.63, 3.8) is 0 Å². The van der Waals surface area contributed by atoms with Gasteiger partial charge in [-0.05, 0) is 54.9 Å². The second-order valence-corrected chi connectivity index (χ2v) is 8.25. The summed E-state index contributed by atoms with van der Waals surface area (Å²) >= 11 is 6.18. The molecule has 1 fully saturated rings. The van der Waals surface area contributed by atoms with Crippen LogP contribution in [-0.2, 0) is 13.2 Å². The minimum Gasteiger partial charge on any atom is -0.488 e. The van der Waals surface area contributed by atoms with Crippen LogP contribution in [-0.4, -0.2) is 30.6 Å². The zero-order chi connectivity index (χ0) is 20.9. The maximum Gasteiger partial charge on any atom is 0.124 e. The number of rotatable bonds is 8. The molecule has 0 amide bonds. The van der Waals surface area contributed by atoms with E-state index in [1.165, 1.54) is 42.3 Å². The molecule has 1 saturated heterocycles. The molecule has 0 unspecified atom stereocenters. The van der Waals surface area contributed by atoms with Crippen LogP contribution in [0.3, 0.4) is 0 Å². The van der Waals surface area contributed by atoms with Crippen molar-refractivity contribution in [2.75, 3.05) is 19.6 Å². The lowest BCUT2D eigenvalue weighted by Crippen LogP contribution is -2.37. The fourth-order valence-corrected chi connectivity index (χ4v) is 4.56. The van der Waals surface area contributed by atoms with Crippen molar-refractivity contribution >= 4 is 22.4 Å². The van der Waals surface area contributed by atoms with Crippen molar-refractivity contribution in [1.82, 2.24) is 10.2 Å². The second-order valence-electron chi connectivity index (χ2n) is 7.84. The van der Waals surface area contributed by atoms with Gasteiger partial charge in [-0.1, -0.05) is 54.9 Å². The van der Waals surface area contributed by atoms with Gasteiger partial charge in [0.2, 0.25) is 0 Å². The van der Waals surface area contributed by atoms with E-state index in [4.69, 9.17) is 16.3 Å². The van der Waals surface area contributed by atoms with Crippen molar-refractivity contribution < 1.29 is 9.13 Å². The monoisotopic (exact) mass is 426 g/mol. The van der Waals surface area contributed by atoms with Gasteiger partial charge in [-0.15, -0.1) is 0 Å². The molecule has 0 saturated carbocycles. The number of likely N-dealkylation sites (N-methyl/N-ethyl adjacent to an activating group) is 1. The van der Waals surface area contributed by atoms with Crippen molar-refractivity contribution in [2.24, 2.45) is 0 Å². The summed E-state index contributed by atoms with van der Waals surface area (Å²) in [5, 5.41) is 6.42. The number of likely N-dealkylation sites (tertiary alicyclic amines) is 1. The van der Waals surface area contributed by atoms with Crippen LogP contribution in [0.15, 0.2) is 54.6 Å². The zero-order valence-corrected chi connectivity index (χ0v) is 18.1. The molecular weight excluding hydrogens is 399 g/mol. The van der Waals surface area contributed by atoms with Crippen LogP contribution in [0.5, 0.6) is 5.75 Å². The van der Waals surface area contributed by atoms with Crippen LogP contribution in [0.1, 0.15) is 30.9 Å². The van der Waals surface area contributed by atoms with E-state index in [-0.39, 0.29) is 5.82 Å². The van der Waals surface area contributed by atoms with Gasteiger partial charge in [0, 0.05) is 30.3 Å². The molecular formula is C25H28ClFN2O. The summed E-state index contributed by atoms with van der Waals surface area (Å²) in [5.74, 6) is 0.493. The quantitative estimate of drug-likeness (QED) is 0.493. The Morgan fingerprint density at radius 2 is 2.03 bits per heavy atom. The maximum atomic E-state index is 13.3. The third-order valence-electron chi connectivity index (χ3n) is 5.98. The highest BCUT2D eigenvalue weighted by atomic mass is 35.5. The van der Waals surface area contributed by atoms with Gasteiger partial charge < -0.3 is 10.1 Å². The third-order valence-corrected chi connectivity index (χ3v) is 6.33. The molecule has 0 aromatic heterocycles. The van der Waals surface area contributed by atoms with Crippen molar-refractivity contribution in [1.29, 1.82) is 0 Å². The Morgan fingerprint density at radius 3 is 2.87 bits per heavy atom. The summed E-state index contributed by atoms with van der Waals surface area (Å²) in [5.41, 5.74) is 1.92. The van der Waals surface area contributed by atoms with E-state index in [1.807, 2.05) is 6.07 Å². The average molecular weight is 427 g/mol. The van der Waals surface area contributed by atoms with Gasteiger partial charge >= 0.3 is 0 Å². The first-order chi connectivity index (χ1) is 14.7. The third kappa shape index (κ3) is 4.77. The minimum atomic E-state index is -0.340. The summed E-state index contributed by atoms with van der Waals surface area (Å²) in [6.07, 6.45) is 2.53. The largest absolute Gasteiger partial charge is 0.488 e. The molecule has 3 aromatic rings. The Balaban J connectivity index is 1.52. The Bertz CT molecular complexity index is 1010. The molecule has 1 atom stereocenters. The van der Waals surface area contributed by atoms with E-state index in [1.54, 1.807) is 6.07 Å². The highest BCUT2D eigenvalue weighted by Crippen LogP contribution is 2.30. The molecule has 3 nitrogen and oxygen atoms in total. The van der Waals surface area contributed by atoms with E-state index < -0.39 is 0 Å². The molecule has 0 spiro atoms. The predicted molar refractivity (Wildman–Crippen MR) is 122 cm³/mol. The van der Waals surface area contributed by atoms with E-state index in [0.717, 1.165) is 36.5 Å². The molecule has 1 aliphatic heterocycles. The Labute approximate surface area is 182 Å². The number of nitrogens with one attached hydrogen (secondary N) is 1. The number of hydrogen-bond donors (Lipinski definition) is 1. The van der Waals surface area contributed by atoms with Crippen molar-refractivity contribution in [2.45, 2.75) is 39.0 Å². The van der Waals surface area contributed by atoms with Crippen LogP contribution in [0.4, 0.5) is 4.39 Å². The lowest BCUT2D eigenvalue weighted by atomic mass is 10.0. The van der Waals surface area contributed by atoms with Gasteiger partial charge in [0.25, 0.3) is 0 Å². The fourth-order valence-electron chi connectivity index (χ4n) is 4.33. The normalized spacial score (nSPS) is 17.0. The van der Waals surface area contributed by atoms with Gasteiger partial charge in [0.05, 0.1) is 5.02 Å². The summed E-state index contributed by atoms with van der Waals surface area (Å²) < 4.78 is 19.5. The highest BCUT2D eigenvalue weighted by Gasteiger charge is 2.22. The van der Waals surface area contributed by atoms with Crippen molar-refractivity contribution in [3.05, 3.63) is 76.6 Å². The van der Waals surface area contributed by atoms with E-state index >= 15 is 0 Å².